The third kappa shape index (κ3) is 2.80. The molecule has 2 aromatic rings. The first kappa shape index (κ1) is 12.4. The van der Waals surface area contributed by atoms with Crippen LogP contribution >= 0.6 is 0 Å². The molecule has 18 heavy (non-hydrogen) atoms. The SMILES string of the molecule is CCc1[nH+]c(C)cc(N)c1OCc1ccccc1. The number of nitrogen functional groups attached to an aromatic ring is 1. The number of rotatable bonds is 4. The lowest BCUT2D eigenvalue weighted by atomic mass is 10.2. The molecule has 0 fully saturated rings. The standard InChI is InChI=1S/C15H18N2O/c1-3-14-15(13(16)9-11(2)17-14)18-10-12-7-5-4-6-8-12/h4-9H,3,10H2,1-2H3,(H2,16,17)/p+1. The van der Waals surface area contributed by atoms with Crippen LogP contribution in [0.4, 0.5) is 5.69 Å². The highest BCUT2D eigenvalue weighted by Gasteiger charge is 2.15. The van der Waals surface area contributed by atoms with Gasteiger partial charge in [-0.2, -0.15) is 0 Å². The highest BCUT2D eigenvalue weighted by Crippen LogP contribution is 2.25. The van der Waals surface area contributed by atoms with Crippen molar-refractivity contribution in [3.63, 3.8) is 0 Å². The third-order valence-electron chi connectivity index (χ3n) is 2.84. The molecule has 0 atom stereocenters. The van der Waals surface area contributed by atoms with E-state index in [2.05, 4.69) is 11.9 Å². The molecule has 0 saturated carbocycles. The Bertz CT molecular complexity index is 524. The lowest BCUT2D eigenvalue weighted by Crippen LogP contribution is -2.17. The average Bonchev–Trinajstić information content (AvgIpc) is 2.38. The molecule has 0 aliphatic rings. The van der Waals surface area contributed by atoms with E-state index >= 15 is 0 Å². The Morgan fingerprint density at radius 3 is 2.61 bits per heavy atom. The van der Waals surface area contributed by atoms with E-state index in [0.29, 0.717) is 12.3 Å². The molecule has 0 spiro atoms. The van der Waals surface area contributed by atoms with E-state index in [9.17, 15) is 0 Å². The molecule has 2 rings (SSSR count). The Hall–Kier alpha value is -2.03. The van der Waals surface area contributed by atoms with Crippen LogP contribution in [-0.4, -0.2) is 0 Å². The van der Waals surface area contributed by atoms with Gasteiger partial charge in [-0.3, -0.25) is 0 Å². The summed E-state index contributed by atoms with van der Waals surface area (Å²) in [5.74, 6) is 0.770. The van der Waals surface area contributed by atoms with E-state index < -0.39 is 0 Å². The number of aromatic amines is 1. The minimum Gasteiger partial charge on any atom is -0.481 e. The minimum absolute atomic E-state index is 0.537. The molecular weight excluding hydrogens is 224 g/mol. The Kier molecular flexibility index (Phi) is 3.82. The molecule has 0 saturated heterocycles. The van der Waals surface area contributed by atoms with Crippen LogP contribution in [0.15, 0.2) is 36.4 Å². The summed E-state index contributed by atoms with van der Waals surface area (Å²) in [6, 6.07) is 12.0. The van der Waals surface area contributed by atoms with E-state index in [-0.39, 0.29) is 0 Å². The number of benzene rings is 1. The predicted molar refractivity (Wildman–Crippen MR) is 72.3 cm³/mol. The maximum atomic E-state index is 6.02. The molecular formula is C15H19N2O+. The van der Waals surface area contributed by atoms with Gasteiger partial charge in [-0.05, 0) is 5.56 Å². The maximum absolute atomic E-state index is 6.02. The Balaban J connectivity index is 2.19. The van der Waals surface area contributed by atoms with Gasteiger partial charge in [0, 0.05) is 19.4 Å². The quantitative estimate of drug-likeness (QED) is 0.897. The molecule has 0 aliphatic heterocycles. The first-order valence-corrected chi connectivity index (χ1v) is 6.18. The van der Waals surface area contributed by atoms with Crippen molar-refractivity contribution < 1.29 is 9.72 Å². The van der Waals surface area contributed by atoms with Gasteiger partial charge in [-0.1, -0.05) is 37.3 Å². The number of hydrogen-bond acceptors (Lipinski definition) is 2. The summed E-state index contributed by atoms with van der Waals surface area (Å²) in [4.78, 5) is 3.30. The largest absolute Gasteiger partial charge is 0.481 e. The van der Waals surface area contributed by atoms with Crippen LogP contribution in [0.2, 0.25) is 0 Å². The zero-order chi connectivity index (χ0) is 13.0. The second-order valence-electron chi connectivity index (χ2n) is 4.34. The fourth-order valence-corrected chi connectivity index (χ4v) is 1.95. The number of ether oxygens (including phenoxy) is 1. The van der Waals surface area contributed by atoms with Crippen LogP contribution in [-0.2, 0) is 13.0 Å². The van der Waals surface area contributed by atoms with Gasteiger partial charge in [0.2, 0.25) is 11.4 Å². The van der Waals surface area contributed by atoms with Gasteiger partial charge in [0.15, 0.2) is 5.69 Å². The molecule has 94 valence electrons. The molecule has 0 unspecified atom stereocenters. The van der Waals surface area contributed by atoms with E-state index in [4.69, 9.17) is 10.5 Å². The van der Waals surface area contributed by atoms with Crippen molar-refractivity contribution in [3.05, 3.63) is 53.3 Å². The van der Waals surface area contributed by atoms with Crippen LogP contribution in [0.25, 0.3) is 0 Å². The number of hydrogen-bond donors (Lipinski definition) is 1. The topological polar surface area (TPSA) is 49.4 Å². The van der Waals surface area contributed by atoms with Crippen LogP contribution in [0.3, 0.4) is 0 Å². The molecule has 3 nitrogen and oxygen atoms in total. The van der Waals surface area contributed by atoms with Crippen molar-refractivity contribution in [1.29, 1.82) is 0 Å². The average molecular weight is 243 g/mol. The number of nitrogens with two attached hydrogens (primary N) is 1. The van der Waals surface area contributed by atoms with Crippen molar-refractivity contribution >= 4 is 5.69 Å². The van der Waals surface area contributed by atoms with Crippen molar-refractivity contribution in [1.82, 2.24) is 0 Å². The van der Waals surface area contributed by atoms with E-state index in [1.54, 1.807) is 0 Å². The number of nitrogens with one attached hydrogen (secondary N) is 1. The normalized spacial score (nSPS) is 10.3. The van der Waals surface area contributed by atoms with Gasteiger partial charge < -0.3 is 10.5 Å². The second kappa shape index (κ2) is 5.54. The highest BCUT2D eigenvalue weighted by atomic mass is 16.5. The molecule has 1 aromatic carbocycles. The minimum atomic E-state index is 0.537. The molecule has 3 heteroatoms. The van der Waals surface area contributed by atoms with Gasteiger partial charge in [0.05, 0.1) is 5.69 Å². The lowest BCUT2D eigenvalue weighted by molar-refractivity contribution is -0.400. The van der Waals surface area contributed by atoms with E-state index in [1.165, 1.54) is 0 Å². The smallest absolute Gasteiger partial charge is 0.224 e. The third-order valence-corrected chi connectivity index (χ3v) is 2.84. The number of aryl methyl sites for hydroxylation is 2. The maximum Gasteiger partial charge on any atom is 0.224 e. The summed E-state index contributed by atoms with van der Waals surface area (Å²) >= 11 is 0. The number of H-pyrrole nitrogens is 1. The van der Waals surface area contributed by atoms with E-state index in [1.807, 2.05) is 43.3 Å². The first-order valence-electron chi connectivity index (χ1n) is 6.18. The molecule has 1 aromatic heterocycles. The number of aromatic nitrogens is 1. The number of pyridine rings is 1. The van der Waals surface area contributed by atoms with Crippen molar-refractivity contribution in [2.24, 2.45) is 0 Å². The lowest BCUT2D eigenvalue weighted by Gasteiger charge is -2.09. The molecule has 0 bridgehead atoms. The summed E-state index contributed by atoms with van der Waals surface area (Å²) in [5, 5.41) is 0. The fraction of sp³-hybridized carbons (Fsp3) is 0.267. The number of anilines is 1. The zero-order valence-electron chi connectivity index (χ0n) is 10.9. The zero-order valence-corrected chi connectivity index (χ0v) is 10.9. The summed E-state index contributed by atoms with van der Waals surface area (Å²) < 4.78 is 5.84. The van der Waals surface area contributed by atoms with Gasteiger partial charge >= 0.3 is 0 Å². The van der Waals surface area contributed by atoms with E-state index in [0.717, 1.165) is 29.1 Å². The van der Waals surface area contributed by atoms with Crippen LogP contribution in [0.5, 0.6) is 5.75 Å². The van der Waals surface area contributed by atoms with Gasteiger partial charge in [-0.15, -0.1) is 0 Å². The summed E-state index contributed by atoms with van der Waals surface area (Å²) in [7, 11) is 0. The van der Waals surface area contributed by atoms with Gasteiger partial charge in [-0.25, -0.2) is 4.98 Å². The van der Waals surface area contributed by atoms with Crippen LogP contribution in [0.1, 0.15) is 23.9 Å². The van der Waals surface area contributed by atoms with Crippen molar-refractivity contribution in [3.8, 4) is 5.75 Å². The Morgan fingerprint density at radius 2 is 1.94 bits per heavy atom. The Labute approximate surface area is 108 Å². The summed E-state index contributed by atoms with van der Waals surface area (Å²) in [5.41, 5.74) is 9.95. The summed E-state index contributed by atoms with van der Waals surface area (Å²) in [6.07, 6.45) is 0.871. The second-order valence-corrected chi connectivity index (χ2v) is 4.34. The summed E-state index contributed by atoms with van der Waals surface area (Å²) in [6.45, 7) is 4.62. The Morgan fingerprint density at radius 1 is 1.22 bits per heavy atom. The van der Waals surface area contributed by atoms with Crippen molar-refractivity contribution in [2.75, 3.05) is 5.73 Å². The molecule has 3 N–H and O–H groups in total. The fourth-order valence-electron chi connectivity index (χ4n) is 1.95. The predicted octanol–water partition coefficient (Wildman–Crippen LogP) is 2.53. The van der Waals surface area contributed by atoms with Crippen LogP contribution < -0.4 is 15.5 Å². The molecule has 1 heterocycles. The molecule has 0 radical (unpaired) electrons. The van der Waals surface area contributed by atoms with Gasteiger partial charge in [0.1, 0.15) is 6.61 Å². The molecule has 0 aliphatic carbocycles. The monoisotopic (exact) mass is 243 g/mol. The van der Waals surface area contributed by atoms with Crippen molar-refractivity contribution in [2.45, 2.75) is 26.9 Å². The van der Waals surface area contributed by atoms with Gasteiger partial charge in [0.25, 0.3) is 0 Å². The highest BCUT2D eigenvalue weighted by molar-refractivity contribution is 5.53. The molecule has 0 amide bonds. The first-order chi connectivity index (χ1) is 8.70. The van der Waals surface area contributed by atoms with Crippen LogP contribution in [0, 0.1) is 6.92 Å².